The van der Waals surface area contributed by atoms with Crippen molar-refractivity contribution in [2.45, 2.75) is 51.7 Å². The van der Waals surface area contributed by atoms with E-state index in [1.807, 2.05) is 20.8 Å². The second-order valence-corrected chi connectivity index (χ2v) is 5.62. The molecule has 1 fully saturated rings. The molecule has 19 heavy (non-hydrogen) atoms. The Morgan fingerprint density at radius 1 is 1.47 bits per heavy atom. The van der Waals surface area contributed by atoms with Crippen molar-refractivity contribution in [2.75, 3.05) is 33.4 Å². The van der Waals surface area contributed by atoms with Gasteiger partial charge in [0.25, 0.3) is 0 Å². The summed E-state index contributed by atoms with van der Waals surface area (Å²) in [6.45, 7) is 9.41. The molecule has 1 saturated heterocycles. The van der Waals surface area contributed by atoms with E-state index in [9.17, 15) is 4.79 Å². The maximum Gasteiger partial charge on any atom is 0.237 e. The minimum Gasteiger partial charge on any atom is -0.383 e. The SMILES string of the molecule is COCCN(CC1CCCN1)C(C)C(=O)NC(C)C. The van der Waals surface area contributed by atoms with Crippen molar-refractivity contribution in [2.24, 2.45) is 0 Å². The summed E-state index contributed by atoms with van der Waals surface area (Å²) in [5.41, 5.74) is 0. The number of nitrogens with zero attached hydrogens (tertiary/aromatic N) is 1. The van der Waals surface area contributed by atoms with Crippen LogP contribution in [0.2, 0.25) is 0 Å². The van der Waals surface area contributed by atoms with Crippen LogP contribution in [0, 0.1) is 0 Å². The Kier molecular flexibility index (Phi) is 7.34. The summed E-state index contributed by atoms with van der Waals surface area (Å²) in [5, 5.41) is 6.47. The van der Waals surface area contributed by atoms with Gasteiger partial charge in [0, 0.05) is 32.3 Å². The number of hydrogen-bond acceptors (Lipinski definition) is 4. The first-order valence-corrected chi connectivity index (χ1v) is 7.31. The second-order valence-electron chi connectivity index (χ2n) is 5.62. The van der Waals surface area contributed by atoms with Gasteiger partial charge in [-0.15, -0.1) is 0 Å². The van der Waals surface area contributed by atoms with Crippen LogP contribution < -0.4 is 10.6 Å². The Bertz CT molecular complexity index is 265. The quantitative estimate of drug-likeness (QED) is 0.679. The number of methoxy groups -OCH3 is 1. The highest BCUT2D eigenvalue weighted by Gasteiger charge is 2.25. The van der Waals surface area contributed by atoms with Gasteiger partial charge in [0.2, 0.25) is 5.91 Å². The van der Waals surface area contributed by atoms with Gasteiger partial charge in [-0.1, -0.05) is 0 Å². The molecule has 0 bridgehead atoms. The highest BCUT2D eigenvalue weighted by atomic mass is 16.5. The first-order chi connectivity index (χ1) is 9.04. The number of rotatable bonds is 8. The molecule has 2 unspecified atom stereocenters. The molecule has 0 aliphatic carbocycles. The van der Waals surface area contributed by atoms with Crippen LogP contribution in [0.15, 0.2) is 0 Å². The van der Waals surface area contributed by atoms with Crippen molar-refractivity contribution in [3.05, 3.63) is 0 Å². The van der Waals surface area contributed by atoms with Crippen LogP contribution in [0.1, 0.15) is 33.6 Å². The van der Waals surface area contributed by atoms with Gasteiger partial charge in [0.15, 0.2) is 0 Å². The Morgan fingerprint density at radius 2 is 2.21 bits per heavy atom. The van der Waals surface area contributed by atoms with Crippen LogP contribution in [0.4, 0.5) is 0 Å². The Balaban J connectivity index is 2.52. The smallest absolute Gasteiger partial charge is 0.237 e. The van der Waals surface area contributed by atoms with E-state index < -0.39 is 0 Å². The number of carbonyl (C=O) groups is 1. The Labute approximate surface area is 117 Å². The molecule has 0 aromatic rings. The van der Waals surface area contributed by atoms with Gasteiger partial charge in [0.05, 0.1) is 12.6 Å². The lowest BCUT2D eigenvalue weighted by molar-refractivity contribution is -0.126. The normalized spacial score (nSPS) is 21.1. The number of carbonyl (C=O) groups excluding carboxylic acids is 1. The standard InChI is InChI=1S/C14H29N3O2/c1-11(2)16-14(18)12(3)17(8-9-19-4)10-13-6-5-7-15-13/h11-13,15H,5-10H2,1-4H3,(H,16,18). The lowest BCUT2D eigenvalue weighted by Crippen LogP contribution is -2.51. The molecule has 2 atom stereocenters. The van der Waals surface area contributed by atoms with Gasteiger partial charge in [0.1, 0.15) is 0 Å². The zero-order chi connectivity index (χ0) is 14.3. The highest BCUT2D eigenvalue weighted by Crippen LogP contribution is 2.09. The lowest BCUT2D eigenvalue weighted by atomic mass is 10.1. The molecule has 1 aliphatic heterocycles. The van der Waals surface area contributed by atoms with Crippen LogP contribution in [0.5, 0.6) is 0 Å². The molecule has 2 N–H and O–H groups in total. The fraction of sp³-hybridized carbons (Fsp3) is 0.929. The van der Waals surface area contributed by atoms with E-state index in [1.54, 1.807) is 7.11 Å². The summed E-state index contributed by atoms with van der Waals surface area (Å²) < 4.78 is 5.15. The number of ether oxygens (including phenoxy) is 1. The molecule has 112 valence electrons. The molecule has 5 nitrogen and oxygen atoms in total. The molecular weight excluding hydrogens is 242 g/mol. The van der Waals surface area contributed by atoms with Gasteiger partial charge in [-0.25, -0.2) is 0 Å². The van der Waals surface area contributed by atoms with Gasteiger partial charge >= 0.3 is 0 Å². The van der Waals surface area contributed by atoms with Crippen molar-refractivity contribution in [3.63, 3.8) is 0 Å². The summed E-state index contributed by atoms with van der Waals surface area (Å²) in [5.74, 6) is 0.101. The molecule has 1 heterocycles. The lowest BCUT2D eigenvalue weighted by Gasteiger charge is -2.30. The summed E-state index contributed by atoms with van der Waals surface area (Å²) in [4.78, 5) is 14.3. The minimum absolute atomic E-state index is 0.101. The van der Waals surface area contributed by atoms with Crippen LogP contribution in [-0.4, -0.2) is 62.3 Å². The van der Waals surface area contributed by atoms with E-state index in [2.05, 4.69) is 15.5 Å². The third-order valence-electron chi connectivity index (χ3n) is 3.56. The average molecular weight is 271 g/mol. The summed E-state index contributed by atoms with van der Waals surface area (Å²) in [6.07, 6.45) is 2.43. The maximum absolute atomic E-state index is 12.1. The fourth-order valence-electron chi connectivity index (χ4n) is 2.42. The monoisotopic (exact) mass is 271 g/mol. The largest absolute Gasteiger partial charge is 0.383 e. The van der Waals surface area contributed by atoms with E-state index in [1.165, 1.54) is 12.8 Å². The van der Waals surface area contributed by atoms with Crippen molar-refractivity contribution in [3.8, 4) is 0 Å². The van der Waals surface area contributed by atoms with Crippen LogP contribution in [0.3, 0.4) is 0 Å². The van der Waals surface area contributed by atoms with Gasteiger partial charge in [-0.3, -0.25) is 9.69 Å². The topological polar surface area (TPSA) is 53.6 Å². The van der Waals surface area contributed by atoms with Crippen molar-refractivity contribution < 1.29 is 9.53 Å². The number of hydrogen-bond donors (Lipinski definition) is 2. The minimum atomic E-state index is -0.111. The molecule has 0 saturated carbocycles. The van der Waals surface area contributed by atoms with Crippen LogP contribution >= 0.6 is 0 Å². The van der Waals surface area contributed by atoms with Crippen molar-refractivity contribution in [1.29, 1.82) is 0 Å². The van der Waals surface area contributed by atoms with Gasteiger partial charge in [-0.2, -0.15) is 0 Å². The molecule has 0 spiro atoms. The van der Waals surface area contributed by atoms with E-state index in [-0.39, 0.29) is 18.0 Å². The molecule has 1 amide bonds. The summed E-state index contributed by atoms with van der Waals surface area (Å²) in [7, 11) is 1.70. The summed E-state index contributed by atoms with van der Waals surface area (Å²) in [6, 6.07) is 0.579. The molecule has 1 rings (SSSR count). The van der Waals surface area contributed by atoms with E-state index in [4.69, 9.17) is 4.74 Å². The van der Waals surface area contributed by atoms with Crippen molar-refractivity contribution in [1.82, 2.24) is 15.5 Å². The Morgan fingerprint density at radius 3 is 2.74 bits per heavy atom. The second kappa shape index (κ2) is 8.51. The van der Waals surface area contributed by atoms with Gasteiger partial charge in [-0.05, 0) is 40.2 Å². The predicted octanol–water partition coefficient (Wildman–Crippen LogP) is 0.600. The molecule has 0 aromatic carbocycles. The zero-order valence-corrected chi connectivity index (χ0v) is 12.7. The molecule has 0 radical (unpaired) electrons. The maximum atomic E-state index is 12.1. The molecule has 0 aromatic heterocycles. The molecule has 1 aliphatic rings. The predicted molar refractivity (Wildman–Crippen MR) is 77.2 cm³/mol. The van der Waals surface area contributed by atoms with E-state index in [0.29, 0.717) is 12.6 Å². The average Bonchev–Trinajstić information content (AvgIpc) is 2.85. The van der Waals surface area contributed by atoms with E-state index >= 15 is 0 Å². The molecule has 5 heteroatoms. The number of nitrogens with one attached hydrogen (secondary N) is 2. The third kappa shape index (κ3) is 5.89. The number of amides is 1. The van der Waals surface area contributed by atoms with E-state index in [0.717, 1.165) is 19.6 Å². The highest BCUT2D eigenvalue weighted by molar-refractivity contribution is 5.81. The Hall–Kier alpha value is -0.650. The van der Waals surface area contributed by atoms with Crippen LogP contribution in [-0.2, 0) is 9.53 Å². The third-order valence-corrected chi connectivity index (χ3v) is 3.56. The fourth-order valence-corrected chi connectivity index (χ4v) is 2.42. The first-order valence-electron chi connectivity index (χ1n) is 7.31. The van der Waals surface area contributed by atoms with Gasteiger partial charge < -0.3 is 15.4 Å². The first kappa shape index (κ1) is 16.4. The summed E-state index contributed by atoms with van der Waals surface area (Å²) >= 11 is 0. The van der Waals surface area contributed by atoms with Crippen LogP contribution in [0.25, 0.3) is 0 Å². The zero-order valence-electron chi connectivity index (χ0n) is 12.7. The molecular formula is C14H29N3O2. The van der Waals surface area contributed by atoms with Crippen molar-refractivity contribution >= 4 is 5.91 Å².